The number of benzene rings is 1. The maximum Gasteiger partial charge on any atom is 0.253 e. The molecule has 2 nitrogen and oxygen atoms in total. The topological polar surface area (TPSA) is 29.1 Å². The molecule has 1 N–H and O–H groups in total. The largest absolute Gasteiger partial charge is 0.349 e. The SMILES string of the molecule is CC(C)C(NC(=O)c1ccccc1Cl)C(C)C. The molecule has 0 bridgehead atoms. The highest BCUT2D eigenvalue weighted by Crippen LogP contribution is 2.17. The molecule has 0 unspecified atom stereocenters. The number of nitrogens with one attached hydrogen (secondary N) is 1. The van der Waals surface area contributed by atoms with Gasteiger partial charge in [-0.3, -0.25) is 4.79 Å². The quantitative estimate of drug-likeness (QED) is 0.870. The van der Waals surface area contributed by atoms with Gasteiger partial charge in [0.15, 0.2) is 0 Å². The lowest BCUT2D eigenvalue weighted by Crippen LogP contribution is -2.42. The minimum absolute atomic E-state index is 0.0944. The first-order valence-corrected chi connectivity index (χ1v) is 6.36. The van der Waals surface area contributed by atoms with E-state index in [9.17, 15) is 4.79 Å². The van der Waals surface area contributed by atoms with Crippen LogP contribution in [0.5, 0.6) is 0 Å². The molecule has 1 aromatic carbocycles. The Hall–Kier alpha value is -1.02. The van der Waals surface area contributed by atoms with Crippen molar-refractivity contribution in [1.82, 2.24) is 5.32 Å². The molecule has 0 aromatic heterocycles. The van der Waals surface area contributed by atoms with Crippen LogP contribution in [0.1, 0.15) is 38.1 Å². The van der Waals surface area contributed by atoms with Gasteiger partial charge in [0.25, 0.3) is 5.91 Å². The van der Waals surface area contributed by atoms with Crippen LogP contribution in [-0.2, 0) is 0 Å². The van der Waals surface area contributed by atoms with Crippen LogP contribution in [0.4, 0.5) is 0 Å². The highest BCUT2D eigenvalue weighted by Gasteiger charge is 2.21. The predicted octanol–water partition coefficient (Wildman–Crippen LogP) is 3.75. The molecule has 0 aliphatic rings. The van der Waals surface area contributed by atoms with Crippen molar-refractivity contribution in [1.29, 1.82) is 0 Å². The summed E-state index contributed by atoms with van der Waals surface area (Å²) in [5, 5.41) is 3.55. The molecule has 0 radical (unpaired) electrons. The van der Waals surface area contributed by atoms with Gasteiger partial charge in [0.1, 0.15) is 0 Å². The van der Waals surface area contributed by atoms with E-state index in [1.165, 1.54) is 0 Å². The lowest BCUT2D eigenvalue weighted by Gasteiger charge is -2.26. The second-order valence-corrected chi connectivity index (χ2v) is 5.37. The van der Waals surface area contributed by atoms with Crippen molar-refractivity contribution in [2.24, 2.45) is 11.8 Å². The van der Waals surface area contributed by atoms with E-state index in [-0.39, 0.29) is 11.9 Å². The third kappa shape index (κ3) is 3.74. The average molecular weight is 254 g/mol. The van der Waals surface area contributed by atoms with Gasteiger partial charge in [0.2, 0.25) is 0 Å². The summed E-state index contributed by atoms with van der Waals surface area (Å²) in [6, 6.07) is 7.28. The number of carbonyl (C=O) groups is 1. The van der Waals surface area contributed by atoms with E-state index in [0.717, 1.165) is 0 Å². The molecule has 94 valence electrons. The van der Waals surface area contributed by atoms with Gasteiger partial charge in [-0.25, -0.2) is 0 Å². The van der Waals surface area contributed by atoms with Crippen LogP contribution in [0.3, 0.4) is 0 Å². The van der Waals surface area contributed by atoms with Crippen LogP contribution in [0.25, 0.3) is 0 Å². The monoisotopic (exact) mass is 253 g/mol. The maximum atomic E-state index is 12.1. The van der Waals surface area contributed by atoms with E-state index >= 15 is 0 Å². The minimum Gasteiger partial charge on any atom is -0.349 e. The second kappa shape index (κ2) is 6.06. The van der Waals surface area contributed by atoms with E-state index in [1.807, 2.05) is 12.1 Å². The normalized spacial score (nSPS) is 11.3. The Morgan fingerprint density at radius 3 is 2.12 bits per heavy atom. The molecule has 3 heteroatoms. The van der Waals surface area contributed by atoms with E-state index in [4.69, 9.17) is 11.6 Å². The molecule has 0 atom stereocenters. The Kier molecular flexibility index (Phi) is 5.01. The summed E-state index contributed by atoms with van der Waals surface area (Å²) < 4.78 is 0. The third-order valence-corrected chi connectivity index (χ3v) is 3.18. The van der Waals surface area contributed by atoms with Crippen LogP contribution >= 0.6 is 11.6 Å². The molecule has 1 rings (SSSR count). The molecule has 0 heterocycles. The summed E-state index contributed by atoms with van der Waals surface area (Å²) in [6.45, 7) is 8.43. The smallest absolute Gasteiger partial charge is 0.253 e. The fraction of sp³-hybridized carbons (Fsp3) is 0.500. The van der Waals surface area contributed by atoms with Gasteiger partial charge in [0, 0.05) is 6.04 Å². The van der Waals surface area contributed by atoms with Crippen LogP contribution in [0.2, 0.25) is 5.02 Å². The van der Waals surface area contributed by atoms with Gasteiger partial charge >= 0.3 is 0 Å². The summed E-state index contributed by atoms with van der Waals surface area (Å²) in [6.07, 6.45) is 0. The van der Waals surface area contributed by atoms with Crippen LogP contribution in [-0.4, -0.2) is 11.9 Å². The van der Waals surface area contributed by atoms with Gasteiger partial charge in [0.05, 0.1) is 10.6 Å². The number of hydrogen-bond acceptors (Lipinski definition) is 1. The first-order chi connectivity index (χ1) is 7.93. The molecule has 0 spiro atoms. The summed E-state index contributed by atoms with van der Waals surface area (Å²) in [5.41, 5.74) is 0.542. The molecule has 1 aromatic rings. The van der Waals surface area contributed by atoms with E-state index in [2.05, 4.69) is 33.0 Å². The lowest BCUT2D eigenvalue weighted by atomic mass is 9.93. The molecule has 0 saturated carbocycles. The Bertz CT molecular complexity index is 380. The Labute approximate surface area is 108 Å². The third-order valence-electron chi connectivity index (χ3n) is 2.85. The Morgan fingerprint density at radius 1 is 1.12 bits per heavy atom. The second-order valence-electron chi connectivity index (χ2n) is 4.97. The van der Waals surface area contributed by atoms with Gasteiger partial charge in [-0.1, -0.05) is 51.4 Å². The Balaban J connectivity index is 2.82. The minimum atomic E-state index is -0.0944. The zero-order valence-electron chi connectivity index (χ0n) is 10.8. The number of halogens is 1. The van der Waals surface area contributed by atoms with Crippen molar-refractivity contribution >= 4 is 17.5 Å². The van der Waals surface area contributed by atoms with Gasteiger partial charge in [-0.05, 0) is 24.0 Å². The number of hydrogen-bond donors (Lipinski definition) is 1. The van der Waals surface area contributed by atoms with Crippen LogP contribution < -0.4 is 5.32 Å². The first kappa shape index (κ1) is 14.0. The summed E-state index contributed by atoms with van der Waals surface area (Å²) in [4.78, 5) is 12.1. The van der Waals surface area contributed by atoms with Crippen molar-refractivity contribution in [3.8, 4) is 0 Å². The van der Waals surface area contributed by atoms with E-state index in [0.29, 0.717) is 22.4 Å². The molecule has 1 amide bonds. The maximum absolute atomic E-state index is 12.1. The molecule has 0 aliphatic heterocycles. The molecular weight excluding hydrogens is 234 g/mol. The average Bonchev–Trinajstić information content (AvgIpc) is 2.25. The fourth-order valence-electron chi connectivity index (χ4n) is 1.98. The lowest BCUT2D eigenvalue weighted by molar-refractivity contribution is 0.0910. The van der Waals surface area contributed by atoms with Crippen molar-refractivity contribution in [2.75, 3.05) is 0 Å². The van der Waals surface area contributed by atoms with Crippen LogP contribution in [0.15, 0.2) is 24.3 Å². The van der Waals surface area contributed by atoms with Gasteiger partial charge < -0.3 is 5.32 Å². The molecule has 17 heavy (non-hydrogen) atoms. The van der Waals surface area contributed by atoms with Crippen molar-refractivity contribution in [3.63, 3.8) is 0 Å². The highest BCUT2D eigenvalue weighted by atomic mass is 35.5. The van der Waals surface area contributed by atoms with E-state index in [1.54, 1.807) is 12.1 Å². The summed E-state index contributed by atoms with van der Waals surface area (Å²) in [7, 11) is 0. The fourth-order valence-corrected chi connectivity index (χ4v) is 2.20. The Morgan fingerprint density at radius 2 is 1.65 bits per heavy atom. The number of amides is 1. The number of carbonyl (C=O) groups excluding carboxylic acids is 1. The molecular formula is C14H20ClNO. The van der Waals surface area contributed by atoms with E-state index < -0.39 is 0 Å². The zero-order valence-corrected chi connectivity index (χ0v) is 11.6. The van der Waals surface area contributed by atoms with Gasteiger partial charge in [-0.2, -0.15) is 0 Å². The standard InChI is InChI=1S/C14H20ClNO/c1-9(2)13(10(3)4)16-14(17)11-7-5-6-8-12(11)15/h5-10,13H,1-4H3,(H,16,17). The van der Waals surface area contributed by atoms with Crippen LogP contribution in [0, 0.1) is 11.8 Å². The summed E-state index contributed by atoms with van der Waals surface area (Å²) >= 11 is 6.00. The first-order valence-electron chi connectivity index (χ1n) is 5.99. The summed E-state index contributed by atoms with van der Waals surface area (Å²) in [5.74, 6) is 0.714. The van der Waals surface area contributed by atoms with Crippen molar-refractivity contribution in [2.45, 2.75) is 33.7 Å². The van der Waals surface area contributed by atoms with Crippen molar-refractivity contribution < 1.29 is 4.79 Å². The molecule has 0 aliphatic carbocycles. The molecule has 0 saturated heterocycles. The highest BCUT2D eigenvalue weighted by molar-refractivity contribution is 6.33. The zero-order chi connectivity index (χ0) is 13.0. The number of rotatable bonds is 4. The molecule has 0 fully saturated rings. The van der Waals surface area contributed by atoms with Crippen molar-refractivity contribution in [3.05, 3.63) is 34.9 Å². The predicted molar refractivity (Wildman–Crippen MR) is 72.4 cm³/mol. The van der Waals surface area contributed by atoms with Gasteiger partial charge in [-0.15, -0.1) is 0 Å².